The maximum Gasteiger partial charge on any atom is 0.124 e. The molecule has 0 unspecified atom stereocenters. The average molecular weight is 187 g/mol. The normalized spacial score (nSPS) is 11.5. The fourth-order valence-electron chi connectivity index (χ4n) is 0.745. The quantitative estimate of drug-likeness (QED) is 0.653. The summed E-state index contributed by atoms with van der Waals surface area (Å²) in [5.74, 6) is -0.188. The third-order valence-corrected chi connectivity index (χ3v) is 2.30. The SMILES string of the molecule is Cc1ccc(S(=O)(=O)[O-])cc1O. The molecule has 0 aliphatic rings. The first-order valence-corrected chi connectivity index (χ1v) is 4.57. The van der Waals surface area contributed by atoms with Crippen molar-refractivity contribution in [1.29, 1.82) is 0 Å². The Kier molecular flexibility index (Phi) is 2.08. The van der Waals surface area contributed by atoms with Crippen molar-refractivity contribution in [3.05, 3.63) is 23.8 Å². The van der Waals surface area contributed by atoms with Crippen LogP contribution in [0, 0.1) is 6.92 Å². The average Bonchev–Trinajstić information content (AvgIpc) is 1.92. The Balaban J connectivity index is 3.33. The fourth-order valence-corrected chi connectivity index (χ4v) is 1.24. The van der Waals surface area contributed by atoms with Gasteiger partial charge in [-0.2, -0.15) is 0 Å². The summed E-state index contributed by atoms with van der Waals surface area (Å²) < 4.78 is 31.3. The van der Waals surface area contributed by atoms with E-state index in [1.165, 1.54) is 6.07 Å². The summed E-state index contributed by atoms with van der Waals surface area (Å²) in [6.07, 6.45) is 0. The summed E-state index contributed by atoms with van der Waals surface area (Å²) in [5, 5.41) is 9.06. The third-order valence-electron chi connectivity index (χ3n) is 1.47. The van der Waals surface area contributed by atoms with Crippen LogP contribution in [-0.2, 0) is 10.1 Å². The summed E-state index contributed by atoms with van der Waals surface area (Å²) >= 11 is 0. The van der Waals surface area contributed by atoms with Gasteiger partial charge in [-0.05, 0) is 24.6 Å². The van der Waals surface area contributed by atoms with Gasteiger partial charge in [0.15, 0.2) is 0 Å². The van der Waals surface area contributed by atoms with Crippen LogP contribution in [0.15, 0.2) is 23.1 Å². The molecule has 0 amide bonds. The molecule has 0 aliphatic heterocycles. The number of rotatable bonds is 1. The summed E-state index contributed by atoms with van der Waals surface area (Å²) in [6, 6.07) is 3.48. The Bertz CT molecular complexity index is 394. The van der Waals surface area contributed by atoms with Gasteiger partial charge in [0, 0.05) is 0 Å². The van der Waals surface area contributed by atoms with Crippen LogP contribution >= 0.6 is 0 Å². The maximum absolute atomic E-state index is 10.4. The Hall–Kier alpha value is -1.07. The van der Waals surface area contributed by atoms with Crippen LogP contribution in [0.25, 0.3) is 0 Å². The lowest BCUT2D eigenvalue weighted by molar-refractivity contribution is 0.454. The number of hydrogen-bond acceptors (Lipinski definition) is 4. The van der Waals surface area contributed by atoms with Gasteiger partial charge in [0.05, 0.1) is 4.90 Å². The van der Waals surface area contributed by atoms with E-state index in [-0.39, 0.29) is 5.75 Å². The van der Waals surface area contributed by atoms with Gasteiger partial charge >= 0.3 is 0 Å². The first kappa shape index (κ1) is 9.02. The van der Waals surface area contributed by atoms with Gasteiger partial charge in [0.2, 0.25) is 0 Å². The summed E-state index contributed by atoms with van der Waals surface area (Å²) in [5.41, 5.74) is 0.530. The molecule has 5 heteroatoms. The van der Waals surface area contributed by atoms with Crippen molar-refractivity contribution >= 4 is 10.1 Å². The topological polar surface area (TPSA) is 77.4 Å². The van der Waals surface area contributed by atoms with Crippen LogP contribution in [0.2, 0.25) is 0 Å². The van der Waals surface area contributed by atoms with Crippen LogP contribution in [0.1, 0.15) is 5.56 Å². The van der Waals surface area contributed by atoms with Crippen LogP contribution < -0.4 is 0 Å². The molecule has 0 aromatic heterocycles. The molecule has 0 aliphatic carbocycles. The highest BCUT2D eigenvalue weighted by atomic mass is 32.2. The van der Waals surface area contributed by atoms with Crippen LogP contribution in [-0.4, -0.2) is 18.1 Å². The molecule has 4 nitrogen and oxygen atoms in total. The number of aryl methyl sites for hydroxylation is 1. The Labute approximate surface area is 70.2 Å². The Morgan fingerprint density at radius 2 is 2.00 bits per heavy atom. The second-order valence-electron chi connectivity index (χ2n) is 2.40. The fraction of sp³-hybridized carbons (Fsp3) is 0.143. The highest BCUT2D eigenvalue weighted by Crippen LogP contribution is 2.20. The van der Waals surface area contributed by atoms with Gasteiger partial charge in [-0.15, -0.1) is 0 Å². The standard InChI is InChI=1S/C7H8O4S/c1-5-2-3-6(4-7(5)8)12(9,10)11/h2-4,8H,1H3,(H,9,10,11)/p-1. The Morgan fingerprint density at radius 3 is 2.42 bits per heavy atom. The van der Waals surface area contributed by atoms with Gasteiger partial charge in [0.1, 0.15) is 15.9 Å². The third kappa shape index (κ3) is 1.75. The molecule has 1 N–H and O–H groups in total. The minimum atomic E-state index is -4.45. The van der Waals surface area contributed by atoms with E-state index in [0.717, 1.165) is 12.1 Å². The zero-order valence-corrected chi connectivity index (χ0v) is 7.13. The first-order valence-electron chi connectivity index (χ1n) is 3.17. The van der Waals surface area contributed by atoms with E-state index in [1.54, 1.807) is 6.92 Å². The smallest absolute Gasteiger partial charge is 0.124 e. The molecule has 0 heterocycles. The molecule has 0 atom stereocenters. The van der Waals surface area contributed by atoms with Crippen LogP contribution in [0.4, 0.5) is 0 Å². The van der Waals surface area contributed by atoms with Gasteiger partial charge in [-0.3, -0.25) is 0 Å². The number of aromatic hydroxyl groups is 1. The lowest BCUT2D eigenvalue weighted by atomic mass is 10.2. The minimum absolute atomic E-state index is 0.188. The van der Waals surface area contributed by atoms with Crippen molar-refractivity contribution in [2.45, 2.75) is 11.8 Å². The lowest BCUT2D eigenvalue weighted by Crippen LogP contribution is -1.97. The first-order chi connectivity index (χ1) is 5.41. The highest BCUT2D eigenvalue weighted by molar-refractivity contribution is 7.85. The van der Waals surface area contributed by atoms with E-state index in [0.29, 0.717) is 5.56 Å². The van der Waals surface area contributed by atoms with E-state index in [9.17, 15) is 13.0 Å². The molecular weight excluding hydrogens is 180 g/mol. The molecule has 1 aromatic carbocycles. The van der Waals surface area contributed by atoms with Gasteiger partial charge in [0.25, 0.3) is 0 Å². The van der Waals surface area contributed by atoms with Gasteiger partial charge < -0.3 is 9.66 Å². The zero-order valence-electron chi connectivity index (χ0n) is 6.31. The second kappa shape index (κ2) is 2.76. The largest absolute Gasteiger partial charge is 0.744 e. The summed E-state index contributed by atoms with van der Waals surface area (Å²) in [4.78, 5) is -0.411. The molecule has 0 spiro atoms. The van der Waals surface area contributed by atoms with Gasteiger partial charge in [-0.25, -0.2) is 8.42 Å². The monoisotopic (exact) mass is 187 g/mol. The van der Waals surface area contributed by atoms with Crippen molar-refractivity contribution in [2.24, 2.45) is 0 Å². The van der Waals surface area contributed by atoms with E-state index in [1.807, 2.05) is 0 Å². The van der Waals surface area contributed by atoms with E-state index >= 15 is 0 Å². The van der Waals surface area contributed by atoms with E-state index in [4.69, 9.17) is 5.11 Å². The van der Waals surface area contributed by atoms with E-state index in [2.05, 4.69) is 0 Å². The predicted octanol–water partition coefficient (Wildman–Crippen LogP) is 0.605. The highest BCUT2D eigenvalue weighted by Gasteiger charge is 2.03. The van der Waals surface area contributed by atoms with Crippen LogP contribution in [0.5, 0.6) is 5.75 Å². The van der Waals surface area contributed by atoms with E-state index < -0.39 is 15.0 Å². The molecular formula is C7H7O4S-. The molecule has 66 valence electrons. The Morgan fingerprint density at radius 1 is 1.42 bits per heavy atom. The summed E-state index contributed by atoms with van der Waals surface area (Å²) in [7, 11) is -4.45. The number of phenolic OH excluding ortho intramolecular Hbond substituents is 1. The molecule has 0 bridgehead atoms. The second-order valence-corrected chi connectivity index (χ2v) is 3.78. The number of benzene rings is 1. The maximum atomic E-state index is 10.4. The molecule has 12 heavy (non-hydrogen) atoms. The molecule has 1 rings (SSSR count). The van der Waals surface area contributed by atoms with Crippen molar-refractivity contribution in [3.8, 4) is 5.75 Å². The molecule has 0 saturated heterocycles. The summed E-state index contributed by atoms with van der Waals surface area (Å²) in [6.45, 7) is 1.61. The zero-order chi connectivity index (χ0) is 9.35. The molecule has 0 radical (unpaired) electrons. The van der Waals surface area contributed by atoms with Crippen molar-refractivity contribution < 1.29 is 18.1 Å². The predicted molar refractivity (Wildman–Crippen MR) is 40.8 cm³/mol. The number of phenols is 1. The molecule has 1 aromatic rings. The van der Waals surface area contributed by atoms with Crippen molar-refractivity contribution in [1.82, 2.24) is 0 Å². The van der Waals surface area contributed by atoms with Gasteiger partial charge in [-0.1, -0.05) is 6.07 Å². The van der Waals surface area contributed by atoms with Crippen molar-refractivity contribution in [2.75, 3.05) is 0 Å². The van der Waals surface area contributed by atoms with Crippen molar-refractivity contribution in [3.63, 3.8) is 0 Å². The minimum Gasteiger partial charge on any atom is -0.744 e. The molecule has 0 fully saturated rings. The molecule has 0 saturated carbocycles. The number of hydrogen-bond donors (Lipinski definition) is 1. The lowest BCUT2D eigenvalue weighted by Gasteiger charge is -2.07. The van der Waals surface area contributed by atoms with Crippen LogP contribution in [0.3, 0.4) is 0 Å².